The van der Waals surface area contributed by atoms with Crippen molar-refractivity contribution < 1.29 is 4.74 Å². The fourth-order valence-electron chi connectivity index (χ4n) is 3.42. The van der Waals surface area contributed by atoms with Gasteiger partial charge in [0.1, 0.15) is 0 Å². The van der Waals surface area contributed by atoms with E-state index >= 15 is 0 Å². The Labute approximate surface area is 165 Å². The number of likely N-dealkylation sites (tertiary alicyclic amines) is 1. The van der Waals surface area contributed by atoms with Crippen molar-refractivity contribution in [1.82, 2.24) is 15.5 Å². The van der Waals surface area contributed by atoms with Gasteiger partial charge in [-0.15, -0.1) is 0 Å². The van der Waals surface area contributed by atoms with Crippen molar-refractivity contribution in [3.8, 4) is 0 Å². The monoisotopic (exact) mass is 374 g/mol. The van der Waals surface area contributed by atoms with Crippen LogP contribution >= 0.6 is 0 Å². The molecule has 0 radical (unpaired) electrons. The molecular formula is C22H38N4O. The lowest BCUT2D eigenvalue weighted by Crippen LogP contribution is -2.49. The van der Waals surface area contributed by atoms with E-state index in [-0.39, 0.29) is 0 Å². The fourth-order valence-corrected chi connectivity index (χ4v) is 3.42. The number of guanidine groups is 1. The van der Waals surface area contributed by atoms with Crippen LogP contribution in [-0.2, 0) is 17.9 Å². The molecule has 1 heterocycles. The first-order valence-electron chi connectivity index (χ1n) is 10.6. The summed E-state index contributed by atoms with van der Waals surface area (Å²) in [7, 11) is 0. The Morgan fingerprint density at radius 1 is 1.19 bits per heavy atom. The third-order valence-electron chi connectivity index (χ3n) is 5.08. The highest BCUT2D eigenvalue weighted by molar-refractivity contribution is 5.80. The summed E-state index contributed by atoms with van der Waals surface area (Å²) in [6.45, 7) is 14.1. The van der Waals surface area contributed by atoms with Crippen LogP contribution in [0.1, 0.15) is 58.1 Å². The molecule has 152 valence electrons. The van der Waals surface area contributed by atoms with Crippen molar-refractivity contribution in [2.45, 2.75) is 72.2 Å². The SMILES string of the molecule is CCCOCc1ccccc1CN=C(NCC)NC1CCN(C(C)C)CC1. The van der Waals surface area contributed by atoms with E-state index in [1.54, 1.807) is 0 Å². The number of aliphatic imine (C=N–C) groups is 1. The second-order valence-electron chi connectivity index (χ2n) is 7.56. The molecule has 1 aromatic rings. The van der Waals surface area contributed by atoms with Crippen molar-refractivity contribution in [3.63, 3.8) is 0 Å². The minimum absolute atomic E-state index is 0.501. The molecule has 0 bridgehead atoms. The highest BCUT2D eigenvalue weighted by atomic mass is 16.5. The highest BCUT2D eigenvalue weighted by Gasteiger charge is 2.21. The van der Waals surface area contributed by atoms with Gasteiger partial charge < -0.3 is 20.3 Å². The fraction of sp³-hybridized carbons (Fsp3) is 0.682. The minimum Gasteiger partial charge on any atom is -0.377 e. The summed E-state index contributed by atoms with van der Waals surface area (Å²) in [6.07, 6.45) is 3.39. The quantitative estimate of drug-likeness (QED) is 0.394. The van der Waals surface area contributed by atoms with Gasteiger partial charge in [0.15, 0.2) is 5.96 Å². The van der Waals surface area contributed by atoms with Gasteiger partial charge >= 0.3 is 0 Å². The predicted octanol–water partition coefficient (Wildman–Crippen LogP) is 3.54. The van der Waals surface area contributed by atoms with Crippen LogP contribution in [0.5, 0.6) is 0 Å². The molecule has 27 heavy (non-hydrogen) atoms. The van der Waals surface area contributed by atoms with E-state index < -0.39 is 0 Å². The average molecular weight is 375 g/mol. The number of hydrogen-bond acceptors (Lipinski definition) is 3. The van der Waals surface area contributed by atoms with Crippen LogP contribution < -0.4 is 10.6 Å². The molecular weight excluding hydrogens is 336 g/mol. The van der Waals surface area contributed by atoms with Gasteiger partial charge in [-0.2, -0.15) is 0 Å². The van der Waals surface area contributed by atoms with E-state index in [4.69, 9.17) is 9.73 Å². The summed E-state index contributed by atoms with van der Waals surface area (Å²) in [5.74, 6) is 0.921. The molecule has 2 rings (SSSR count). The molecule has 0 saturated carbocycles. The first-order chi connectivity index (χ1) is 13.1. The first-order valence-corrected chi connectivity index (χ1v) is 10.6. The zero-order valence-corrected chi connectivity index (χ0v) is 17.6. The molecule has 0 amide bonds. The Morgan fingerprint density at radius 3 is 2.52 bits per heavy atom. The lowest BCUT2D eigenvalue weighted by molar-refractivity contribution is 0.121. The van der Waals surface area contributed by atoms with Gasteiger partial charge in [-0.25, -0.2) is 4.99 Å². The molecule has 0 atom stereocenters. The Bertz CT molecular complexity index is 565. The lowest BCUT2D eigenvalue weighted by atomic mass is 10.0. The number of benzene rings is 1. The summed E-state index contributed by atoms with van der Waals surface area (Å²) >= 11 is 0. The molecule has 1 aromatic carbocycles. The maximum absolute atomic E-state index is 5.73. The number of rotatable bonds is 9. The van der Waals surface area contributed by atoms with E-state index in [0.29, 0.717) is 25.2 Å². The maximum atomic E-state index is 5.73. The molecule has 0 aromatic heterocycles. The molecule has 0 spiro atoms. The third-order valence-corrected chi connectivity index (χ3v) is 5.08. The van der Waals surface area contributed by atoms with Crippen LogP contribution in [-0.4, -0.2) is 49.2 Å². The van der Waals surface area contributed by atoms with Gasteiger partial charge in [-0.05, 0) is 51.2 Å². The molecule has 0 unspecified atom stereocenters. The van der Waals surface area contributed by atoms with Crippen LogP contribution in [0, 0.1) is 0 Å². The largest absolute Gasteiger partial charge is 0.377 e. The standard InChI is InChI=1S/C22H38N4O/c1-5-15-27-17-20-10-8-7-9-19(20)16-24-22(23-6-2)25-21-11-13-26(14-12-21)18(3)4/h7-10,18,21H,5-6,11-17H2,1-4H3,(H2,23,24,25). The second kappa shape index (κ2) is 12.0. The van der Waals surface area contributed by atoms with Crippen molar-refractivity contribution in [1.29, 1.82) is 0 Å². The van der Waals surface area contributed by atoms with Gasteiger partial charge in [0, 0.05) is 38.3 Å². The third kappa shape index (κ3) is 7.51. The summed E-state index contributed by atoms with van der Waals surface area (Å²) in [5.41, 5.74) is 2.47. The summed E-state index contributed by atoms with van der Waals surface area (Å²) in [6, 6.07) is 9.58. The first kappa shape index (κ1) is 21.7. The summed E-state index contributed by atoms with van der Waals surface area (Å²) < 4.78 is 5.73. The Morgan fingerprint density at radius 2 is 1.89 bits per heavy atom. The molecule has 1 aliphatic heterocycles. The van der Waals surface area contributed by atoms with Crippen LogP contribution in [0.3, 0.4) is 0 Å². The van der Waals surface area contributed by atoms with Crippen LogP contribution in [0.4, 0.5) is 0 Å². The topological polar surface area (TPSA) is 48.9 Å². The molecule has 5 nitrogen and oxygen atoms in total. The van der Waals surface area contributed by atoms with Crippen LogP contribution in [0.25, 0.3) is 0 Å². The molecule has 5 heteroatoms. The predicted molar refractivity (Wildman–Crippen MR) is 114 cm³/mol. The van der Waals surface area contributed by atoms with Crippen LogP contribution in [0.15, 0.2) is 29.3 Å². The molecule has 2 N–H and O–H groups in total. The van der Waals surface area contributed by atoms with Gasteiger partial charge in [-0.3, -0.25) is 0 Å². The summed E-state index contributed by atoms with van der Waals surface area (Å²) in [5, 5.41) is 7.04. The highest BCUT2D eigenvalue weighted by Crippen LogP contribution is 2.14. The van der Waals surface area contributed by atoms with E-state index in [1.807, 2.05) is 0 Å². The molecule has 1 saturated heterocycles. The van der Waals surface area contributed by atoms with E-state index in [0.717, 1.165) is 38.6 Å². The zero-order valence-electron chi connectivity index (χ0n) is 17.6. The molecule has 0 aliphatic carbocycles. The smallest absolute Gasteiger partial charge is 0.191 e. The van der Waals surface area contributed by atoms with Crippen molar-refractivity contribution in [2.75, 3.05) is 26.2 Å². The number of hydrogen-bond donors (Lipinski definition) is 2. The Balaban J connectivity index is 1.93. The number of nitrogens with one attached hydrogen (secondary N) is 2. The number of piperidine rings is 1. The Kier molecular flexibility index (Phi) is 9.64. The average Bonchev–Trinajstić information content (AvgIpc) is 2.68. The number of ether oxygens (including phenoxy) is 1. The van der Waals surface area contributed by atoms with Gasteiger partial charge in [0.05, 0.1) is 13.2 Å². The Hall–Kier alpha value is -1.59. The lowest BCUT2D eigenvalue weighted by Gasteiger charge is -2.35. The normalized spacial score (nSPS) is 16.7. The van der Waals surface area contributed by atoms with E-state index in [9.17, 15) is 0 Å². The molecule has 1 aliphatic rings. The van der Waals surface area contributed by atoms with E-state index in [1.165, 1.54) is 24.0 Å². The van der Waals surface area contributed by atoms with Crippen molar-refractivity contribution in [2.24, 2.45) is 4.99 Å². The van der Waals surface area contributed by atoms with E-state index in [2.05, 4.69) is 67.5 Å². The maximum Gasteiger partial charge on any atom is 0.191 e. The van der Waals surface area contributed by atoms with Crippen molar-refractivity contribution in [3.05, 3.63) is 35.4 Å². The van der Waals surface area contributed by atoms with Gasteiger partial charge in [0.2, 0.25) is 0 Å². The zero-order chi connectivity index (χ0) is 19.5. The summed E-state index contributed by atoms with van der Waals surface area (Å²) in [4.78, 5) is 7.40. The second-order valence-corrected chi connectivity index (χ2v) is 7.56. The number of nitrogens with zero attached hydrogens (tertiary/aromatic N) is 2. The van der Waals surface area contributed by atoms with Gasteiger partial charge in [-0.1, -0.05) is 31.2 Å². The van der Waals surface area contributed by atoms with Crippen LogP contribution in [0.2, 0.25) is 0 Å². The molecule has 1 fully saturated rings. The van der Waals surface area contributed by atoms with Gasteiger partial charge in [0.25, 0.3) is 0 Å². The van der Waals surface area contributed by atoms with Crippen molar-refractivity contribution >= 4 is 5.96 Å². The minimum atomic E-state index is 0.501.